The standard InChI is InChI=1S/C16H15N3S/c1-20-15-9-7-13(8-10-15)17-16-11-12-19(18-16)14-5-3-2-4-6-14/h2-12H,1H3,(H,17,18). The van der Waals surface area contributed by atoms with Crippen LogP contribution < -0.4 is 5.32 Å². The largest absolute Gasteiger partial charge is 0.339 e. The molecule has 4 heteroatoms. The first-order valence-electron chi connectivity index (χ1n) is 6.37. The van der Waals surface area contributed by atoms with Crippen LogP contribution in [0.25, 0.3) is 5.69 Å². The molecule has 0 saturated heterocycles. The van der Waals surface area contributed by atoms with Gasteiger partial charge in [0.05, 0.1) is 5.69 Å². The van der Waals surface area contributed by atoms with E-state index >= 15 is 0 Å². The summed E-state index contributed by atoms with van der Waals surface area (Å²) < 4.78 is 1.86. The fourth-order valence-corrected chi connectivity index (χ4v) is 2.35. The van der Waals surface area contributed by atoms with Gasteiger partial charge in [-0.2, -0.15) is 5.10 Å². The lowest BCUT2D eigenvalue weighted by Crippen LogP contribution is -1.96. The molecular formula is C16H15N3S. The van der Waals surface area contributed by atoms with Crippen LogP contribution in [0.1, 0.15) is 0 Å². The first kappa shape index (κ1) is 12.8. The van der Waals surface area contributed by atoms with Crippen LogP contribution in [0.4, 0.5) is 11.5 Å². The summed E-state index contributed by atoms with van der Waals surface area (Å²) in [6.07, 6.45) is 4.03. The van der Waals surface area contributed by atoms with Crippen LogP contribution >= 0.6 is 11.8 Å². The van der Waals surface area contributed by atoms with Gasteiger partial charge < -0.3 is 5.32 Å². The minimum Gasteiger partial charge on any atom is -0.339 e. The zero-order chi connectivity index (χ0) is 13.8. The Hall–Kier alpha value is -2.20. The van der Waals surface area contributed by atoms with Gasteiger partial charge in [-0.25, -0.2) is 4.68 Å². The van der Waals surface area contributed by atoms with Gasteiger partial charge in [-0.3, -0.25) is 0 Å². The Labute approximate surface area is 122 Å². The molecule has 1 N–H and O–H groups in total. The van der Waals surface area contributed by atoms with E-state index in [1.807, 2.05) is 47.3 Å². The summed E-state index contributed by atoms with van der Waals surface area (Å²) in [6.45, 7) is 0. The van der Waals surface area contributed by atoms with Crippen molar-refractivity contribution in [1.29, 1.82) is 0 Å². The molecular weight excluding hydrogens is 266 g/mol. The van der Waals surface area contributed by atoms with E-state index < -0.39 is 0 Å². The number of anilines is 2. The third-order valence-corrected chi connectivity index (χ3v) is 3.72. The van der Waals surface area contributed by atoms with Crippen molar-refractivity contribution < 1.29 is 0 Å². The Balaban J connectivity index is 1.77. The van der Waals surface area contributed by atoms with E-state index in [1.54, 1.807) is 11.8 Å². The SMILES string of the molecule is CSc1ccc(Nc2ccn(-c3ccccc3)n2)cc1. The third kappa shape index (κ3) is 2.86. The second-order valence-corrected chi connectivity index (χ2v) is 5.21. The molecule has 1 heterocycles. The third-order valence-electron chi connectivity index (χ3n) is 2.97. The maximum Gasteiger partial charge on any atom is 0.152 e. The minimum absolute atomic E-state index is 0.839. The molecule has 0 unspecified atom stereocenters. The summed E-state index contributed by atoms with van der Waals surface area (Å²) in [4.78, 5) is 1.25. The van der Waals surface area contributed by atoms with Gasteiger partial charge in [0, 0.05) is 22.8 Å². The highest BCUT2D eigenvalue weighted by Gasteiger charge is 2.01. The summed E-state index contributed by atoms with van der Waals surface area (Å²) in [6, 6.07) is 20.4. The molecule has 2 aromatic carbocycles. The molecule has 3 rings (SSSR count). The fraction of sp³-hybridized carbons (Fsp3) is 0.0625. The molecule has 0 radical (unpaired) electrons. The van der Waals surface area contributed by atoms with Crippen molar-refractivity contribution in [2.75, 3.05) is 11.6 Å². The zero-order valence-corrected chi connectivity index (χ0v) is 12.0. The van der Waals surface area contributed by atoms with Crippen molar-refractivity contribution in [2.45, 2.75) is 4.90 Å². The Morgan fingerprint density at radius 3 is 2.40 bits per heavy atom. The van der Waals surface area contributed by atoms with Crippen molar-refractivity contribution in [1.82, 2.24) is 9.78 Å². The summed E-state index contributed by atoms with van der Waals surface area (Å²) in [5, 5.41) is 7.82. The van der Waals surface area contributed by atoms with Gasteiger partial charge in [-0.15, -0.1) is 11.8 Å². The number of nitrogens with one attached hydrogen (secondary N) is 1. The Morgan fingerprint density at radius 1 is 0.950 bits per heavy atom. The molecule has 100 valence electrons. The fourth-order valence-electron chi connectivity index (χ4n) is 1.94. The molecule has 20 heavy (non-hydrogen) atoms. The number of rotatable bonds is 4. The second kappa shape index (κ2) is 5.84. The molecule has 0 bridgehead atoms. The van der Waals surface area contributed by atoms with E-state index in [0.717, 1.165) is 17.2 Å². The molecule has 0 fully saturated rings. The molecule has 0 amide bonds. The topological polar surface area (TPSA) is 29.9 Å². The maximum absolute atomic E-state index is 4.52. The van der Waals surface area contributed by atoms with Gasteiger partial charge in [-0.1, -0.05) is 18.2 Å². The smallest absolute Gasteiger partial charge is 0.152 e. The van der Waals surface area contributed by atoms with Gasteiger partial charge in [-0.05, 0) is 42.7 Å². The minimum atomic E-state index is 0.839. The molecule has 0 spiro atoms. The Bertz CT molecular complexity index is 674. The molecule has 0 saturated carbocycles. The Kier molecular flexibility index (Phi) is 3.74. The van der Waals surface area contributed by atoms with Crippen molar-refractivity contribution >= 4 is 23.3 Å². The first-order chi connectivity index (χ1) is 9.85. The van der Waals surface area contributed by atoms with Crippen LogP contribution in [0.5, 0.6) is 0 Å². The van der Waals surface area contributed by atoms with E-state index in [2.05, 4.69) is 40.9 Å². The van der Waals surface area contributed by atoms with E-state index in [4.69, 9.17) is 0 Å². The summed E-state index contributed by atoms with van der Waals surface area (Å²) in [5.41, 5.74) is 2.10. The van der Waals surface area contributed by atoms with Crippen LogP contribution in [-0.4, -0.2) is 16.0 Å². The summed E-state index contributed by atoms with van der Waals surface area (Å²) in [5.74, 6) is 0.839. The van der Waals surface area contributed by atoms with Crippen LogP contribution in [-0.2, 0) is 0 Å². The highest BCUT2D eigenvalue weighted by Crippen LogP contribution is 2.20. The number of aromatic nitrogens is 2. The summed E-state index contributed by atoms with van der Waals surface area (Å²) >= 11 is 1.74. The van der Waals surface area contributed by atoms with Crippen LogP contribution in [0.2, 0.25) is 0 Å². The van der Waals surface area contributed by atoms with Crippen molar-refractivity contribution in [3.63, 3.8) is 0 Å². The molecule has 0 aliphatic rings. The predicted octanol–water partition coefficient (Wildman–Crippen LogP) is 4.34. The van der Waals surface area contributed by atoms with Gasteiger partial charge >= 0.3 is 0 Å². The highest BCUT2D eigenvalue weighted by atomic mass is 32.2. The lowest BCUT2D eigenvalue weighted by molar-refractivity contribution is 0.884. The van der Waals surface area contributed by atoms with E-state index in [0.29, 0.717) is 0 Å². The average Bonchev–Trinajstić information content (AvgIpc) is 2.97. The highest BCUT2D eigenvalue weighted by molar-refractivity contribution is 7.98. The average molecular weight is 281 g/mol. The zero-order valence-electron chi connectivity index (χ0n) is 11.2. The van der Waals surface area contributed by atoms with Gasteiger partial charge in [0.25, 0.3) is 0 Å². The molecule has 3 aromatic rings. The van der Waals surface area contributed by atoms with Crippen molar-refractivity contribution in [3.05, 3.63) is 66.9 Å². The van der Waals surface area contributed by atoms with Gasteiger partial charge in [0.15, 0.2) is 5.82 Å². The van der Waals surface area contributed by atoms with Crippen LogP contribution in [0, 0.1) is 0 Å². The number of nitrogens with zero attached hydrogens (tertiary/aromatic N) is 2. The van der Waals surface area contributed by atoms with Gasteiger partial charge in [0.2, 0.25) is 0 Å². The monoisotopic (exact) mass is 281 g/mol. The lowest BCUT2D eigenvalue weighted by Gasteiger charge is -2.04. The van der Waals surface area contributed by atoms with Crippen molar-refractivity contribution in [3.8, 4) is 5.69 Å². The quantitative estimate of drug-likeness (QED) is 0.722. The van der Waals surface area contributed by atoms with Crippen molar-refractivity contribution in [2.24, 2.45) is 0 Å². The number of para-hydroxylation sites is 1. The summed E-state index contributed by atoms with van der Waals surface area (Å²) in [7, 11) is 0. The van der Waals surface area contributed by atoms with Crippen LogP contribution in [0.15, 0.2) is 71.8 Å². The number of hydrogen-bond acceptors (Lipinski definition) is 3. The molecule has 0 aliphatic carbocycles. The molecule has 1 aromatic heterocycles. The first-order valence-corrected chi connectivity index (χ1v) is 7.60. The molecule has 3 nitrogen and oxygen atoms in total. The van der Waals surface area contributed by atoms with E-state index in [9.17, 15) is 0 Å². The van der Waals surface area contributed by atoms with Crippen LogP contribution in [0.3, 0.4) is 0 Å². The van der Waals surface area contributed by atoms with E-state index in [-0.39, 0.29) is 0 Å². The predicted molar refractivity (Wildman–Crippen MR) is 85.1 cm³/mol. The molecule has 0 atom stereocenters. The number of benzene rings is 2. The maximum atomic E-state index is 4.52. The lowest BCUT2D eigenvalue weighted by atomic mass is 10.3. The normalized spacial score (nSPS) is 10.4. The van der Waals surface area contributed by atoms with Gasteiger partial charge in [0.1, 0.15) is 0 Å². The number of hydrogen-bond donors (Lipinski definition) is 1. The second-order valence-electron chi connectivity index (χ2n) is 4.33. The number of thioether (sulfide) groups is 1. The Morgan fingerprint density at radius 2 is 1.70 bits per heavy atom. The molecule has 0 aliphatic heterocycles. The van der Waals surface area contributed by atoms with E-state index in [1.165, 1.54) is 4.90 Å².